The highest BCUT2D eigenvalue weighted by molar-refractivity contribution is 14.1. The summed E-state index contributed by atoms with van der Waals surface area (Å²) in [6.45, 7) is 2.27. The maximum atomic E-state index is 6.04. The summed E-state index contributed by atoms with van der Waals surface area (Å²) in [5.41, 5.74) is 6.74. The van der Waals surface area contributed by atoms with Gasteiger partial charge >= 0.3 is 0 Å². The molecule has 1 saturated carbocycles. The van der Waals surface area contributed by atoms with Gasteiger partial charge in [-0.25, -0.2) is 0 Å². The number of rotatable bonds is 3. The van der Waals surface area contributed by atoms with Crippen molar-refractivity contribution >= 4 is 28.3 Å². The topological polar surface area (TPSA) is 35.2 Å². The largest absolute Gasteiger partial charge is 0.488 e. The molecule has 1 aromatic rings. The highest BCUT2D eigenvalue weighted by Crippen LogP contribution is 2.32. The zero-order chi connectivity index (χ0) is 12.3. The van der Waals surface area contributed by atoms with E-state index in [9.17, 15) is 0 Å². The molecule has 0 saturated heterocycles. The summed E-state index contributed by atoms with van der Waals surface area (Å²) in [6.07, 6.45) is 6.62. The number of benzene rings is 1. The summed E-state index contributed by atoms with van der Waals surface area (Å²) < 4.78 is 7.20. The van der Waals surface area contributed by atoms with Crippen LogP contribution in [0.2, 0.25) is 0 Å². The third-order valence-corrected chi connectivity index (χ3v) is 4.25. The molecule has 2 rings (SSSR count). The highest BCUT2D eigenvalue weighted by atomic mass is 127. The van der Waals surface area contributed by atoms with Crippen molar-refractivity contribution in [1.82, 2.24) is 0 Å². The van der Waals surface area contributed by atoms with E-state index in [-0.39, 0.29) is 0 Å². The van der Waals surface area contributed by atoms with E-state index in [1.54, 1.807) is 0 Å². The predicted octanol–water partition coefficient (Wildman–Crippen LogP) is 4.22. The summed E-state index contributed by atoms with van der Waals surface area (Å²) in [5, 5.41) is 0. The summed E-state index contributed by atoms with van der Waals surface area (Å²) in [5.74, 6) is 1.69. The number of nitrogens with two attached hydrogens (primary N) is 1. The quantitative estimate of drug-likeness (QED) is 0.658. The first-order valence-electron chi connectivity index (χ1n) is 6.40. The second-order valence-corrected chi connectivity index (χ2v) is 6.11. The van der Waals surface area contributed by atoms with Gasteiger partial charge in [0.05, 0.1) is 11.8 Å². The molecule has 1 aliphatic carbocycles. The lowest BCUT2D eigenvalue weighted by atomic mass is 9.85. The average Bonchev–Trinajstić information content (AvgIpc) is 2.33. The molecule has 2 unspecified atom stereocenters. The summed E-state index contributed by atoms with van der Waals surface area (Å²) in [7, 11) is 0. The molecule has 2 N–H and O–H groups in total. The van der Waals surface area contributed by atoms with Crippen molar-refractivity contribution in [2.75, 3.05) is 5.73 Å². The lowest BCUT2D eigenvalue weighted by Gasteiger charge is -2.29. The standard InChI is InChI=1S/C14H20INO/c1-2-10-4-3-5-12(8-10)17-14-7-6-11(15)9-13(14)16/h6-7,9-10,12H,2-5,8,16H2,1H3. The lowest BCUT2D eigenvalue weighted by molar-refractivity contribution is 0.123. The number of anilines is 1. The Morgan fingerprint density at radius 1 is 1.41 bits per heavy atom. The third-order valence-electron chi connectivity index (χ3n) is 3.58. The molecule has 1 aliphatic rings. The maximum Gasteiger partial charge on any atom is 0.142 e. The van der Waals surface area contributed by atoms with Crippen LogP contribution >= 0.6 is 22.6 Å². The van der Waals surface area contributed by atoms with Gasteiger partial charge in [0.25, 0.3) is 0 Å². The fourth-order valence-corrected chi connectivity index (χ4v) is 3.04. The molecule has 0 heterocycles. The average molecular weight is 345 g/mol. The molecule has 0 aromatic heterocycles. The van der Waals surface area contributed by atoms with Crippen LogP contribution in [-0.2, 0) is 0 Å². The van der Waals surface area contributed by atoms with Crippen LogP contribution < -0.4 is 10.5 Å². The number of halogens is 1. The first-order valence-corrected chi connectivity index (χ1v) is 7.48. The van der Waals surface area contributed by atoms with Gasteiger partial charge in [-0.05, 0) is 66.0 Å². The van der Waals surface area contributed by atoms with Gasteiger partial charge < -0.3 is 10.5 Å². The summed E-state index contributed by atoms with van der Waals surface area (Å²) in [4.78, 5) is 0. The Bertz CT molecular complexity index is 380. The van der Waals surface area contributed by atoms with Gasteiger partial charge in [-0.2, -0.15) is 0 Å². The van der Waals surface area contributed by atoms with Crippen LogP contribution in [0, 0.1) is 9.49 Å². The van der Waals surface area contributed by atoms with E-state index in [0.29, 0.717) is 6.10 Å². The molecule has 0 bridgehead atoms. The van der Waals surface area contributed by atoms with Crippen molar-refractivity contribution < 1.29 is 4.74 Å². The summed E-state index contributed by atoms with van der Waals surface area (Å²) >= 11 is 2.27. The molecular formula is C14H20INO. The molecule has 1 fully saturated rings. The van der Waals surface area contributed by atoms with Gasteiger partial charge in [-0.15, -0.1) is 0 Å². The monoisotopic (exact) mass is 345 g/mol. The van der Waals surface area contributed by atoms with Crippen molar-refractivity contribution in [3.63, 3.8) is 0 Å². The maximum absolute atomic E-state index is 6.04. The molecule has 0 aliphatic heterocycles. The minimum Gasteiger partial charge on any atom is -0.488 e. The predicted molar refractivity (Wildman–Crippen MR) is 80.2 cm³/mol. The first-order chi connectivity index (χ1) is 8.19. The smallest absolute Gasteiger partial charge is 0.142 e. The molecule has 94 valence electrons. The van der Waals surface area contributed by atoms with Crippen LogP contribution in [0.1, 0.15) is 39.0 Å². The number of nitrogen functional groups attached to an aromatic ring is 1. The van der Waals surface area contributed by atoms with E-state index in [0.717, 1.165) is 20.9 Å². The fourth-order valence-electron chi connectivity index (χ4n) is 2.53. The Hall–Kier alpha value is -0.450. The van der Waals surface area contributed by atoms with Gasteiger partial charge in [-0.3, -0.25) is 0 Å². The molecule has 0 amide bonds. The van der Waals surface area contributed by atoms with Gasteiger partial charge in [0, 0.05) is 3.57 Å². The van der Waals surface area contributed by atoms with Crippen LogP contribution in [-0.4, -0.2) is 6.10 Å². The molecule has 2 atom stereocenters. The van der Waals surface area contributed by atoms with Gasteiger partial charge in [0.1, 0.15) is 5.75 Å². The molecule has 0 radical (unpaired) electrons. The van der Waals surface area contributed by atoms with E-state index in [4.69, 9.17) is 10.5 Å². The molecule has 1 aromatic carbocycles. The molecule has 2 nitrogen and oxygen atoms in total. The normalized spacial score (nSPS) is 24.6. The van der Waals surface area contributed by atoms with Crippen molar-refractivity contribution in [3.05, 3.63) is 21.8 Å². The Morgan fingerprint density at radius 3 is 2.94 bits per heavy atom. The highest BCUT2D eigenvalue weighted by Gasteiger charge is 2.22. The Kier molecular flexibility index (Phi) is 4.54. The van der Waals surface area contributed by atoms with Gasteiger partial charge in [0.2, 0.25) is 0 Å². The van der Waals surface area contributed by atoms with Crippen molar-refractivity contribution in [1.29, 1.82) is 0 Å². The van der Waals surface area contributed by atoms with Crippen molar-refractivity contribution in [2.45, 2.75) is 45.1 Å². The third kappa shape index (κ3) is 3.50. The van der Waals surface area contributed by atoms with E-state index >= 15 is 0 Å². The molecular weight excluding hydrogens is 325 g/mol. The Labute approximate surface area is 117 Å². The Morgan fingerprint density at radius 2 is 2.24 bits per heavy atom. The second-order valence-electron chi connectivity index (χ2n) is 4.86. The van der Waals surface area contributed by atoms with Gasteiger partial charge in [-0.1, -0.05) is 19.8 Å². The first kappa shape index (κ1) is 13.0. The number of hydrogen-bond acceptors (Lipinski definition) is 2. The minimum atomic E-state index is 0.357. The van der Waals surface area contributed by atoms with E-state index in [1.165, 1.54) is 32.1 Å². The molecule has 17 heavy (non-hydrogen) atoms. The zero-order valence-corrected chi connectivity index (χ0v) is 12.4. The zero-order valence-electron chi connectivity index (χ0n) is 10.3. The van der Waals surface area contributed by atoms with Gasteiger partial charge in [0.15, 0.2) is 0 Å². The van der Waals surface area contributed by atoms with Crippen LogP contribution in [0.4, 0.5) is 5.69 Å². The summed E-state index contributed by atoms with van der Waals surface area (Å²) in [6, 6.07) is 6.01. The SMILES string of the molecule is CCC1CCCC(Oc2ccc(I)cc2N)C1. The lowest BCUT2D eigenvalue weighted by Crippen LogP contribution is -2.25. The minimum absolute atomic E-state index is 0.357. The van der Waals surface area contributed by atoms with Crippen LogP contribution in [0.25, 0.3) is 0 Å². The van der Waals surface area contributed by atoms with E-state index in [1.807, 2.05) is 18.2 Å². The second kappa shape index (κ2) is 5.94. The number of hydrogen-bond donors (Lipinski definition) is 1. The van der Waals surface area contributed by atoms with Crippen LogP contribution in [0.15, 0.2) is 18.2 Å². The van der Waals surface area contributed by atoms with Crippen molar-refractivity contribution in [3.8, 4) is 5.75 Å². The van der Waals surface area contributed by atoms with E-state index < -0.39 is 0 Å². The number of ether oxygens (including phenoxy) is 1. The molecule has 3 heteroatoms. The van der Waals surface area contributed by atoms with E-state index in [2.05, 4.69) is 29.5 Å². The molecule has 0 spiro atoms. The van der Waals surface area contributed by atoms with Crippen LogP contribution in [0.3, 0.4) is 0 Å². The van der Waals surface area contributed by atoms with Crippen LogP contribution in [0.5, 0.6) is 5.75 Å². The Balaban J connectivity index is 2.00. The fraction of sp³-hybridized carbons (Fsp3) is 0.571. The van der Waals surface area contributed by atoms with Crippen molar-refractivity contribution in [2.24, 2.45) is 5.92 Å².